The molecule has 0 aromatic heterocycles. The van der Waals surface area contributed by atoms with Crippen molar-refractivity contribution in [3.63, 3.8) is 0 Å². The first-order valence-corrected chi connectivity index (χ1v) is 7.88. The molecule has 3 heteroatoms. The molecule has 0 bridgehead atoms. The third-order valence-corrected chi connectivity index (χ3v) is 5.02. The zero-order valence-corrected chi connectivity index (χ0v) is 12.4. The Hall–Kier alpha value is -0.570. The highest BCUT2D eigenvalue weighted by Gasteiger charge is 2.34. The molecule has 1 N–H and O–H groups in total. The van der Waals surface area contributed by atoms with Crippen molar-refractivity contribution < 1.29 is 0 Å². The van der Waals surface area contributed by atoms with Crippen molar-refractivity contribution >= 4 is 11.6 Å². The van der Waals surface area contributed by atoms with Crippen LogP contribution >= 0.6 is 11.6 Å². The number of benzene rings is 1. The van der Waals surface area contributed by atoms with Crippen molar-refractivity contribution in [3.05, 3.63) is 34.9 Å². The van der Waals surface area contributed by atoms with Gasteiger partial charge in [0.15, 0.2) is 0 Å². The molecule has 2 fully saturated rings. The summed E-state index contributed by atoms with van der Waals surface area (Å²) in [7, 11) is 0. The highest BCUT2D eigenvalue weighted by Crippen LogP contribution is 2.32. The maximum absolute atomic E-state index is 6.00. The van der Waals surface area contributed by atoms with Gasteiger partial charge in [0.2, 0.25) is 0 Å². The van der Waals surface area contributed by atoms with Crippen molar-refractivity contribution in [2.24, 2.45) is 5.92 Å². The maximum atomic E-state index is 6.00. The fourth-order valence-electron chi connectivity index (χ4n) is 3.75. The van der Waals surface area contributed by atoms with E-state index in [2.05, 4.69) is 29.3 Å². The molecule has 0 radical (unpaired) electrons. The van der Waals surface area contributed by atoms with Gasteiger partial charge in [-0.1, -0.05) is 30.7 Å². The Morgan fingerprint density at radius 3 is 2.84 bits per heavy atom. The minimum atomic E-state index is 0.554. The second-order valence-electron chi connectivity index (χ2n) is 5.87. The predicted molar refractivity (Wildman–Crippen MR) is 80.6 cm³/mol. The van der Waals surface area contributed by atoms with Crippen molar-refractivity contribution in [3.8, 4) is 0 Å². The Labute approximate surface area is 121 Å². The predicted octanol–water partition coefficient (Wildman–Crippen LogP) is 3.47. The molecule has 2 aliphatic rings. The fourth-order valence-corrected chi connectivity index (χ4v) is 3.87. The summed E-state index contributed by atoms with van der Waals surface area (Å²) in [5, 5.41) is 4.47. The van der Waals surface area contributed by atoms with E-state index in [1.165, 1.54) is 44.5 Å². The van der Waals surface area contributed by atoms with Gasteiger partial charge in [-0.15, -0.1) is 0 Å². The van der Waals surface area contributed by atoms with Gasteiger partial charge in [-0.2, -0.15) is 0 Å². The van der Waals surface area contributed by atoms with E-state index in [1.807, 2.05) is 12.1 Å². The third-order valence-electron chi connectivity index (χ3n) is 4.77. The molecular weight excluding hydrogens is 256 g/mol. The van der Waals surface area contributed by atoms with Gasteiger partial charge >= 0.3 is 0 Å². The van der Waals surface area contributed by atoms with Crippen molar-refractivity contribution in [2.45, 2.75) is 38.3 Å². The van der Waals surface area contributed by atoms with Gasteiger partial charge in [-0.05, 0) is 49.4 Å². The van der Waals surface area contributed by atoms with Crippen LogP contribution in [-0.2, 0) is 0 Å². The highest BCUT2D eigenvalue weighted by atomic mass is 35.5. The molecule has 2 heterocycles. The second-order valence-corrected chi connectivity index (χ2v) is 6.31. The van der Waals surface area contributed by atoms with Gasteiger partial charge in [0, 0.05) is 30.2 Å². The number of nitrogens with one attached hydrogen (secondary N) is 1. The van der Waals surface area contributed by atoms with Crippen LogP contribution in [0.15, 0.2) is 24.3 Å². The van der Waals surface area contributed by atoms with Crippen LogP contribution in [0.5, 0.6) is 0 Å². The standard InChI is InChI=1S/C16H23ClN2/c1-2-16(12-3-5-14(17)6-4-12)19-10-8-15-13(11-19)7-9-18-15/h3-6,13,15-16,18H,2,7-11H2,1H3. The molecule has 1 aromatic rings. The first-order valence-electron chi connectivity index (χ1n) is 7.51. The molecule has 3 atom stereocenters. The Bertz CT molecular complexity index is 417. The molecule has 0 amide bonds. The summed E-state index contributed by atoms with van der Waals surface area (Å²) in [6.45, 7) is 5.97. The number of fused-ring (bicyclic) bond motifs is 1. The second kappa shape index (κ2) is 5.82. The van der Waals surface area contributed by atoms with Gasteiger partial charge in [-0.25, -0.2) is 0 Å². The quantitative estimate of drug-likeness (QED) is 0.911. The summed E-state index contributed by atoms with van der Waals surface area (Å²) in [6, 6.07) is 9.75. The summed E-state index contributed by atoms with van der Waals surface area (Å²) >= 11 is 6.00. The van der Waals surface area contributed by atoms with Crippen molar-refractivity contribution in [2.75, 3.05) is 19.6 Å². The van der Waals surface area contributed by atoms with E-state index >= 15 is 0 Å². The Balaban J connectivity index is 1.73. The zero-order chi connectivity index (χ0) is 13.2. The average molecular weight is 279 g/mol. The first-order chi connectivity index (χ1) is 9.28. The van der Waals surface area contributed by atoms with Gasteiger partial charge in [0.25, 0.3) is 0 Å². The maximum Gasteiger partial charge on any atom is 0.0406 e. The van der Waals surface area contributed by atoms with Crippen LogP contribution in [0.1, 0.15) is 37.8 Å². The van der Waals surface area contributed by atoms with E-state index in [9.17, 15) is 0 Å². The first kappa shape index (κ1) is 13.4. The summed E-state index contributed by atoms with van der Waals surface area (Å²) in [5.74, 6) is 0.857. The summed E-state index contributed by atoms with van der Waals surface area (Å²) in [4.78, 5) is 2.68. The van der Waals surface area contributed by atoms with Gasteiger partial charge in [0.05, 0.1) is 0 Å². The molecule has 2 nitrogen and oxygen atoms in total. The lowest BCUT2D eigenvalue weighted by molar-refractivity contribution is 0.111. The molecule has 2 saturated heterocycles. The van der Waals surface area contributed by atoms with E-state index in [0.29, 0.717) is 6.04 Å². The molecule has 1 aromatic carbocycles. The molecule has 0 spiro atoms. The molecule has 0 aliphatic carbocycles. The summed E-state index contributed by atoms with van der Waals surface area (Å²) in [6.07, 6.45) is 3.82. The minimum absolute atomic E-state index is 0.554. The van der Waals surface area contributed by atoms with E-state index in [0.717, 1.165) is 17.0 Å². The van der Waals surface area contributed by atoms with Crippen LogP contribution in [0.2, 0.25) is 5.02 Å². The van der Waals surface area contributed by atoms with Gasteiger partial charge < -0.3 is 5.32 Å². The lowest BCUT2D eigenvalue weighted by atomic mass is 9.90. The topological polar surface area (TPSA) is 15.3 Å². The lowest BCUT2D eigenvalue weighted by Crippen LogP contribution is -2.45. The van der Waals surface area contributed by atoms with Crippen LogP contribution in [0, 0.1) is 5.92 Å². The molecular formula is C16H23ClN2. The average Bonchev–Trinajstić information content (AvgIpc) is 2.89. The van der Waals surface area contributed by atoms with E-state index in [1.54, 1.807) is 0 Å². The van der Waals surface area contributed by atoms with Crippen LogP contribution in [-0.4, -0.2) is 30.6 Å². The number of hydrogen-bond acceptors (Lipinski definition) is 2. The number of nitrogens with zero attached hydrogens (tertiary/aromatic N) is 1. The monoisotopic (exact) mass is 278 g/mol. The SMILES string of the molecule is CCC(c1ccc(Cl)cc1)N1CCC2NCCC2C1. The number of piperidine rings is 1. The zero-order valence-electron chi connectivity index (χ0n) is 11.6. The largest absolute Gasteiger partial charge is 0.314 e. The molecule has 3 rings (SSSR count). The Morgan fingerprint density at radius 2 is 2.11 bits per heavy atom. The smallest absolute Gasteiger partial charge is 0.0406 e. The fraction of sp³-hybridized carbons (Fsp3) is 0.625. The van der Waals surface area contributed by atoms with Crippen molar-refractivity contribution in [1.82, 2.24) is 10.2 Å². The van der Waals surface area contributed by atoms with Gasteiger partial charge in [-0.3, -0.25) is 4.90 Å². The number of hydrogen-bond donors (Lipinski definition) is 1. The lowest BCUT2D eigenvalue weighted by Gasteiger charge is -2.39. The minimum Gasteiger partial charge on any atom is -0.314 e. The molecule has 2 aliphatic heterocycles. The Kier molecular flexibility index (Phi) is 4.11. The number of halogens is 1. The Morgan fingerprint density at radius 1 is 1.32 bits per heavy atom. The number of rotatable bonds is 3. The van der Waals surface area contributed by atoms with Gasteiger partial charge in [0.1, 0.15) is 0 Å². The molecule has 104 valence electrons. The molecule has 0 saturated carbocycles. The highest BCUT2D eigenvalue weighted by molar-refractivity contribution is 6.30. The van der Waals surface area contributed by atoms with Crippen LogP contribution in [0.3, 0.4) is 0 Å². The summed E-state index contributed by atoms with van der Waals surface area (Å²) < 4.78 is 0. The third kappa shape index (κ3) is 2.81. The normalized spacial score (nSPS) is 29.2. The van der Waals surface area contributed by atoms with E-state index in [-0.39, 0.29) is 0 Å². The molecule has 3 unspecified atom stereocenters. The van der Waals surface area contributed by atoms with Crippen molar-refractivity contribution in [1.29, 1.82) is 0 Å². The number of likely N-dealkylation sites (tertiary alicyclic amines) is 1. The summed E-state index contributed by atoms with van der Waals surface area (Å²) in [5.41, 5.74) is 1.41. The van der Waals surface area contributed by atoms with Crippen LogP contribution < -0.4 is 5.32 Å². The molecule has 19 heavy (non-hydrogen) atoms. The van der Waals surface area contributed by atoms with E-state index in [4.69, 9.17) is 11.6 Å². The van der Waals surface area contributed by atoms with Crippen LogP contribution in [0.4, 0.5) is 0 Å². The van der Waals surface area contributed by atoms with E-state index < -0.39 is 0 Å². The van der Waals surface area contributed by atoms with Crippen LogP contribution in [0.25, 0.3) is 0 Å².